The molecule has 2 atom stereocenters. The molecule has 1 rings (SSSR count). The Bertz CT molecular complexity index is 166. The highest BCUT2D eigenvalue weighted by Gasteiger charge is 2.28. The molecule has 16 heavy (non-hydrogen) atoms. The van der Waals surface area contributed by atoms with Crippen molar-refractivity contribution in [3.63, 3.8) is 0 Å². The van der Waals surface area contributed by atoms with E-state index >= 15 is 0 Å². The van der Waals surface area contributed by atoms with Gasteiger partial charge in [-0.25, -0.2) is 0 Å². The lowest BCUT2D eigenvalue weighted by Gasteiger charge is -2.34. The fraction of sp³-hybridized carbons (Fsp3) is 1.00. The molecule has 0 aliphatic heterocycles. The van der Waals surface area contributed by atoms with E-state index in [9.17, 15) is 0 Å². The van der Waals surface area contributed by atoms with E-state index in [-0.39, 0.29) is 6.04 Å². The molecular formula is C14H29NO. The molecule has 2 N–H and O–H groups in total. The van der Waals surface area contributed by atoms with Gasteiger partial charge in [0, 0.05) is 12.6 Å². The molecule has 0 aromatic heterocycles. The maximum Gasteiger partial charge on any atom is 0.0753 e. The molecule has 2 heteroatoms. The molecule has 0 spiro atoms. The number of ether oxygens (including phenoxy) is 1. The summed E-state index contributed by atoms with van der Waals surface area (Å²) in [6, 6.07) is 0.253. The van der Waals surface area contributed by atoms with Crippen LogP contribution in [0, 0.1) is 5.92 Å². The fourth-order valence-electron chi connectivity index (χ4n) is 2.87. The fourth-order valence-corrected chi connectivity index (χ4v) is 2.87. The van der Waals surface area contributed by atoms with Crippen LogP contribution in [-0.4, -0.2) is 18.8 Å². The number of nitrogens with two attached hydrogens (primary N) is 1. The van der Waals surface area contributed by atoms with Gasteiger partial charge in [0.05, 0.1) is 6.10 Å². The third-order valence-electron chi connectivity index (χ3n) is 3.79. The van der Waals surface area contributed by atoms with Gasteiger partial charge in [-0.3, -0.25) is 0 Å². The van der Waals surface area contributed by atoms with Gasteiger partial charge in [0.15, 0.2) is 0 Å². The van der Waals surface area contributed by atoms with Crippen LogP contribution in [0.5, 0.6) is 0 Å². The standard InChI is InChI=1S/C14H29NO/c1-3-5-11-13(15)14(16-4-2)12-9-7-6-8-10-12/h12-14H,3-11,15H2,1-2H3. The number of unbranched alkanes of at least 4 members (excludes halogenated alkanes) is 1. The minimum atomic E-state index is 0.253. The summed E-state index contributed by atoms with van der Waals surface area (Å²) < 4.78 is 5.92. The third kappa shape index (κ3) is 4.42. The molecule has 0 radical (unpaired) electrons. The topological polar surface area (TPSA) is 35.2 Å². The van der Waals surface area contributed by atoms with Crippen molar-refractivity contribution in [2.24, 2.45) is 11.7 Å². The van der Waals surface area contributed by atoms with Crippen LogP contribution in [0.4, 0.5) is 0 Å². The first-order valence-electron chi connectivity index (χ1n) is 7.16. The van der Waals surface area contributed by atoms with E-state index in [4.69, 9.17) is 10.5 Å². The van der Waals surface area contributed by atoms with E-state index in [2.05, 4.69) is 13.8 Å². The minimum Gasteiger partial charge on any atom is -0.377 e. The van der Waals surface area contributed by atoms with E-state index < -0.39 is 0 Å². The molecule has 0 aromatic rings. The lowest BCUT2D eigenvalue weighted by molar-refractivity contribution is -0.0112. The zero-order chi connectivity index (χ0) is 11.8. The smallest absolute Gasteiger partial charge is 0.0753 e. The first kappa shape index (κ1) is 14.0. The second-order valence-corrected chi connectivity index (χ2v) is 5.12. The molecule has 1 fully saturated rings. The van der Waals surface area contributed by atoms with Crippen LogP contribution in [-0.2, 0) is 4.74 Å². The quantitative estimate of drug-likeness (QED) is 0.722. The van der Waals surface area contributed by atoms with Gasteiger partial charge >= 0.3 is 0 Å². The average molecular weight is 227 g/mol. The predicted octanol–water partition coefficient (Wildman–Crippen LogP) is 3.49. The second-order valence-electron chi connectivity index (χ2n) is 5.12. The maximum absolute atomic E-state index is 6.30. The maximum atomic E-state index is 6.30. The molecule has 0 amide bonds. The van der Waals surface area contributed by atoms with Crippen molar-refractivity contribution in [2.75, 3.05) is 6.61 Å². The monoisotopic (exact) mass is 227 g/mol. The van der Waals surface area contributed by atoms with Crippen LogP contribution in [0.2, 0.25) is 0 Å². The van der Waals surface area contributed by atoms with Gasteiger partial charge in [0.2, 0.25) is 0 Å². The average Bonchev–Trinajstić information content (AvgIpc) is 2.34. The van der Waals surface area contributed by atoms with Crippen molar-refractivity contribution < 1.29 is 4.74 Å². The van der Waals surface area contributed by atoms with Crippen molar-refractivity contribution in [1.29, 1.82) is 0 Å². The summed E-state index contributed by atoms with van der Waals surface area (Å²) in [5, 5.41) is 0. The number of rotatable bonds is 7. The molecule has 0 saturated heterocycles. The molecule has 96 valence electrons. The van der Waals surface area contributed by atoms with E-state index in [0.717, 1.165) is 18.9 Å². The Morgan fingerprint density at radius 2 is 1.88 bits per heavy atom. The summed E-state index contributed by atoms with van der Waals surface area (Å²) in [7, 11) is 0. The normalized spacial score (nSPS) is 21.9. The van der Waals surface area contributed by atoms with Crippen LogP contribution in [0.15, 0.2) is 0 Å². The molecule has 1 saturated carbocycles. The Morgan fingerprint density at radius 1 is 1.19 bits per heavy atom. The highest BCUT2D eigenvalue weighted by atomic mass is 16.5. The van der Waals surface area contributed by atoms with Crippen molar-refractivity contribution in [3.8, 4) is 0 Å². The van der Waals surface area contributed by atoms with E-state index in [1.807, 2.05) is 0 Å². The van der Waals surface area contributed by atoms with E-state index in [1.165, 1.54) is 44.9 Å². The Kier molecular flexibility index (Phi) is 7.06. The number of hydrogen-bond acceptors (Lipinski definition) is 2. The number of hydrogen-bond donors (Lipinski definition) is 1. The van der Waals surface area contributed by atoms with Crippen LogP contribution < -0.4 is 5.73 Å². The highest BCUT2D eigenvalue weighted by molar-refractivity contribution is 4.82. The summed E-state index contributed by atoms with van der Waals surface area (Å²) in [4.78, 5) is 0. The van der Waals surface area contributed by atoms with Crippen molar-refractivity contribution in [1.82, 2.24) is 0 Å². The minimum absolute atomic E-state index is 0.253. The van der Waals surface area contributed by atoms with Crippen LogP contribution >= 0.6 is 0 Å². The largest absolute Gasteiger partial charge is 0.377 e. The lowest BCUT2D eigenvalue weighted by atomic mass is 9.81. The van der Waals surface area contributed by atoms with Gasteiger partial charge < -0.3 is 10.5 Å². The molecule has 0 heterocycles. The van der Waals surface area contributed by atoms with Gasteiger partial charge in [0.25, 0.3) is 0 Å². The van der Waals surface area contributed by atoms with Crippen LogP contribution in [0.25, 0.3) is 0 Å². The summed E-state index contributed by atoms with van der Waals surface area (Å²) in [5.74, 6) is 0.723. The first-order valence-corrected chi connectivity index (χ1v) is 7.16. The molecule has 0 bridgehead atoms. The molecule has 0 aromatic carbocycles. The van der Waals surface area contributed by atoms with Gasteiger partial charge in [0.1, 0.15) is 0 Å². The second kappa shape index (κ2) is 8.08. The lowest BCUT2D eigenvalue weighted by Crippen LogP contribution is -2.42. The highest BCUT2D eigenvalue weighted by Crippen LogP contribution is 2.30. The summed E-state index contributed by atoms with van der Waals surface area (Å²) in [6.45, 7) is 5.12. The Morgan fingerprint density at radius 3 is 2.44 bits per heavy atom. The van der Waals surface area contributed by atoms with Crippen molar-refractivity contribution in [2.45, 2.75) is 77.4 Å². The van der Waals surface area contributed by atoms with Crippen LogP contribution in [0.3, 0.4) is 0 Å². The molecular weight excluding hydrogens is 198 g/mol. The zero-order valence-corrected chi connectivity index (χ0v) is 11.1. The van der Waals surface area contributed by atoms with E-state index in [1.54, 1.807) is 0 Å². The summed E-state index contributed by atoms with van der Waals surface area (Å²) in [5.41, 5.74) is 6.30. The first-order chi connectivity index (χ1) is 7.79. The Balaban J connectivity index is 2.43. The van der Waals surface area contributed by atoms with E-state index in [0.29, 0.717) is 6.10 Å². The van der Waals surface area contributed by atoms with Gasteiger partial charge in [-0.15, -0.1) is 0 Å². The molecule has 1 aliphatic rings. The summed E-state index contributed by atoms with van der Waals surface area (Å²) >= 11 is 0. The van der Waals surface area contributed by atoms with Gasteiger partial charge in [-0.1, -0.05) is 39.0 Å². The summed E-state index contributed by atoms with van der Waals surface area (Å²) in [6.07, 6.45) is 10.7. The van der Waals surface area contributed by atoms with Crippen LogP contribution in [0.1, 0.15) is 65.2 Å². The molecule has 1 aliphatic carbocycles. The molecule has 2 unspecified atom stereocenters. The predicted molar refractivity (Wildman–Crippen MR) is 69.5 cm³/mol. The van der Waals surface area contributed by atoms with Crippen molar-refractivity contribution >= 4 is 0 Å². The Labute approximate surface area is 101 Å². The van der Waals surface area contributed by atoms with Gasteiger partial charge in [-0.2, -0.15) is 0 Å². The van der Waals surface area contributed by atoms with Gasteiger partial charge in [-0.05, 0) is 32.1 Å². The third-order valence-corrected chi connectivity index (χ3v) is 3.79. The van der Waals surface area contributed by atoms with Crippen molar-refractivity contribution in [3.05, 3.63) is 0 Å². The Hall–Kier alpha value is -0.0800. The SMILES string of the molecule is CCCCC(N)C(OCC)C1CCCCC1. The molecule has 2 nitrogen and oxygen atoms in total. The zero-order valence-electron chi connectivity index (χ0n) is 11.1.